The molecule has 0 spiro atoms. The summed E-state index contributed by atoms with van der Waals surface area (Å²) < 4.78 is 0. The summed E-state index contributed by atoms with van der Waals surface area (Å²) in [6.45, 7) is 0. The molecule has 0 aromatic heterocycles. The average molecular weight is 292 g/mol. The van der Waals surface area contributed by atoms with E-state index < -0.39 is 35.0 Å². The van der Waals surface area contributed by atoms with E-state index in [1.54, 1.807) is 0 Å². The Balaban J connectivity index is 3.51. The Kier molecular flexibility index (Phi) is 4.84. The molecule has 1 aliphatic heterocycles. The van der Waals surface area contributed by atoms with Gasteiger partial charge in [0, 0.05) is 12.2 Å². The molecule has 1 heterocycles. The third kappa shape index (κ3) is 3.93. The third-order valence-corrected chi connectivity index (χ3v) is 2.54. The van der Waals surface area contributed by atoms with E-state index in [4.69, 9.17) is 20.4 Å². The summed E-state index contributed by atoms with van der Waals surface area (Å²) >= 11 is 0. The van der Waals surface area contributed by atoms with Crippen molar-refractivity contribution in [3.05, 3.63) is 46.4 Å². The van der Waals surface area contributed by atoms with Gasteiger partial charge in [0.05, 0.1) is 11.1 Å². The summed E-state index contributed by atoms with van der Waals surface area (Å²) in [5, 5.41) is 35.4. The van der Waals surface area contributed by atoms with Crippen molar-refractivity contribution in [2.45, 2.75) is 0 Å². The summed E-state index contributed by atoms with van der Waals surface area (Å²) in [6.07, 6.45) is 2.11. The number of allylic oxidation sites excluding steroid dienone is 1. The van der Waals surface area contributed by atoms with E-state index in [1.807, 2.05) is 0 Å². The van der Waals surface area contributed by atoms with E-state index in [9.17, 15) is 19.2 Å². The standard InChI is InChI=1S/C12H9BO8/c14-8(15)3-6(11(18)19)5-1-2-13-10(5)7(12(20)21)4-9(16)17/h1-4,13H,(H,14,15)(H,16,17)(H,18,19)(H,20,21)/b6-3-,7-4-. The van der Waals surface area contributed by atoms with Gasteiger partial charge in [-0.3, -0.25) is 0 Å². The maximum atomic E-state index is 11.1. The molecule has 8 nitrogen and oxygen atoms in total. The molecule has 0 aromatic rings. The molecule has 0 unspecified atom stereocenters. The zero-order chi connectivity index (χ0) is 16.2. The molecule has 108 valence electrons. The zero-order valence-electron chi connectivity index (χ0n) is 10.4. The van der Waals surface area contributed by atoms with E-state index >= 15 is 0 Å². The maximum Gasteiger partial charge on any atom is 0.336 e. The van der Waals surface area contributed by atoms with Gasteiger partial charge in [-0.05, 0) is 5.57 Å². The summed E-state index contributed by atoms with van der Waals surface area (Å²) in [5.74, 6) is -4.71. The van der Waals surface area contributed by atoms with Crippen molar-refractivity contribution < 1.29 is 39.6 Å². The van der Waals surface area contributed by atoms with Crippen LogP contribution >= 0.6 is 0 Å². The Morgan fingerprint density at radius 2 is 1.33 bits per heavy atom. The highest BCUT2D eigenvalue weighted by molar-refractivity contribution is 6.56. The van der Waals surface area contributed by atoms with Gasteiger partial charge >= 0.3 is 23.9 Å². The molecule has 0 bridgehead atoms. The number of carbonyl (C=O) groups is 4. The van der Waals surface area contributed by atoms with Crippen LogP contribution in [0.4, 0.5) is 0 Å². The first-order valence-electron chi connectivity index (χ1n) is 5.50. The van der Waals surface area contributed by atoms with Gasteiger partial charge in [-0.2, -0.15) is 0 Å². The van der Waals surface area contributed by atoms with Crippen molar-refractivity contribution in [2.24, 2.45) is 0 Å². The number of hydrogen-bond donors (Lipinski definition) is 4. The van der Waals surface area contributed by atoms with Gasteiger partial charge in [-0.15, -0.1) is 5.98 Å². The lowest BCUT2D eigenvalue weighted by Crippen LogP contribution is -2.13. The van der Waals surface area contributed by atoms with Crippen LogP contribution in [-0.2, 0) is 19.2 Å². The Hall–Kier alpha value is -3.10. The largest absolute Gasteiger partial charge is 0.478 e. The minimum atomic E-state index is -1.56. The van der Waals surface area contributed by atoms with Crippen LogP contribution in [0.15, 0.2) is 46.4 Å². The lowest BCUT2D eigenvalue weighted by Gasteiger charge is -2.08. The highest BCUT2D eigenvalue weighted by atomic mass is 16.4. The fourth-order valence-corrected chi connectivity index (χ4v) is 1.79. The second-order valence-electron chi connectivity index (χ2n) is 3.90. The zero-order valence-corrected chi connectivity index (χ0v) is 10.4. The SMILES string of the molecule is O=C(O)/C=C(\C(=O)O)C1=C(/C(=C/C(=O)O)C(=O)O)C=CB1. The second kappa shape index (κ2) is 6.37. The Bertz CT molecular complexity index is 650. The third-order valence-electron chi connectivity index (χ3n) is 2.54. The molecule has 21 heavy (non-hydrogen) atoms. The van der Waals surface area contributed by atoms with Crippen molar-refractivity contribution in [1.29, 1.82) is 0 Å². The molecular weight excluding hydrogens is 283 g/mol. The molecule has 1 rings (SSSR count). The Morgan fingerprint density at radius 3 is 1.76 bits per heavy atom. The highest BCUT2D eigenvalue weighted by Crippen LogP contribution is 2.26. The first kappa shape index (κ1) is 16.0. The van der Waals surface area contributed by atoms with E-state index in [0.29, 0.717) is 12.2 Å². The van der Waals surface area contributed by atoms with E-state index in [1.165, 1.54) is 12.1 Å². The molecular formula is C12H9BO8. The van der Waals surface area contributed by atoms with Crippen LogP contribution in [0.3, 0.4) is 0 Å². The van der Waals surface area contributed by atoms with Crippen LogP contribution in [0.2, 0.25) is 0 Å². The topological polar surface area (TPSA) is 149 Å². The molecule has 4 N–H and O–H groups in total. The smallest absolute Gasteiger partial charge is 0.336 e. The van der Waals surface area contributed by atoms with E-state index in [0.717, 1.165) is 0 Å². The minimum Gasteiger partial charge on any atom is -0.478 e. The number of rotatable bonds is 6. The van der Waals surface area contributed by atoms with Crippen molar-refractivity contribution >= 4 is 31.2 Å². The minimum absolute atomic E-state index is 0.00894. The molecule has 0 atom stereocenters. The quantitative estimate of drug-likeness (QED) is 0.374. The highest BCUT2D eigenvalue weighted by Gasteiger charge is 2.25. The van der Waals surface area contributed by atoms with Crippen LogP contribution in [0, 0.1) is 0 Å². The van der Waals surface area contributed by atoms with Crippen LogP contribution in [0.5, 0.6) is 0 Å². The van der Waals surface area contributed by atoms with Gasteiger partial charge in [0.25, 0.3) is 0 Å². The molecule has 0 saturated heterocycles. The van der Waals surface area contributed by atoms with Gasteiger partial charge in [-0.1, -0.05) is 11.5 Å². The van der Waals surface area contributed by atoms with Gasteiger partial charge in [0.1, 0.15) is 0 Å². The van der Waals surface area contributed by atoms with Gasteiger partial charge < -0.3 is 20.4 Å². The summed E-state index contributed by atoms with van der Waals surface area (Å²) in [5.41, 5.74) is -1.43. The number of carboxylic acid groups (broad SMARTS) is 4. The molecule has 0 saturated carbocycles. The Morgan fingerprint density at radius 1 is 0.857 bits per heavy atom. The Labute approximate surface area is 118 Å². The van der Waals surface area contributed by atoms with Crippen molar-refractivity contribution in [2.75, 3.05) is 0 Å². The first-order valence-corrected chi connectivity index (χ1v) is 5.50. The van der Waals surface area contributed by atoms with Gasteiger partial charge in [0.2, 0.25) is 0 Å². The predicted octanol–water partition coefficient (Wildman–Crippen LogP) is -0.605. The monoisotopic (exact) mass is 292 g/mol. The lowest BCUT2D eigenvalue weighted by molar-refractivity contribution is -0.135. The molecule has 1 aliphatic rings. The normalized spacial score (nSPS) is 14.9. The molecule has 0 fully saturated rings. The molecule has 0 aliphatic carbocycles. The fourth-order valence-electron chi connectivity index (χ4n) is 1.79. The molecule has 0 amide bonds. The van der Waals surface area contributed by atoms with Crippen LogP contribution in [0.1, 0.15) is 0 Å². The van der Waals surface area contributed by atoms with Crippen LogP contribution in [-0.4, -0.2) is 51.6 Å². The van der Waals surface area contributed by atoms with Crippen LogP contribution in [0.25, 0.3) is 0 Å². The second-order valence-corrected chi connectivity index (χ2v) is 3.90. The fraction of sp³-hybridized carbons (Fsp3) is 0. The molecule has 9 heteroatoms. The van der Waals surface area contributed by atoms with Crippen molar-refractivity contribution in [3.63, 3.8) is 0 Å². The number of aliphatic carboxylic acids is 4. The summed E-state index contributed by atoms with van der Waals surface area (Å²) in [4.78, 5) is 43.5. The van der Waals surface area contributed by atoms with Gasteiger partial charge in [0.15, 0.2) is 7.28 Å². The average Bonchev–Trinajstić information content (AvgIpc) is 2.80. The lowest BCUT2D eigenvalue weighted by atomic mass is 9.68. The van der Waals surface area contributed by atoms with E-state index in [2.05, 4.69) is 0 Å². The first-order chi connectivity index (χ1) is 9.73. The molecule has 0 aromatic carbocycles. The molecule has 0 radical (unpaired) electrons. The summed E-state index contributed by atoms with van der Waals surface area (Å²) in [7, 11) is -0.00894. The maximum absolute atomic E-state index is 11.1. The number of carboxylic acids is 4. The van der Waals surface area contributed by atoms with E-state index in [-0.39, 0.29) is 18.3 Å². The van der Waals surface area contributed by atoms with Crippen molar-refractivity contribution in [3.8, 4) is 0 Å². The predicted molar refractivity (Wildman–Crippen MR) is 70.0 cm³/mol. The van der Waals surface area contributed by atoms with Crippen LogP contribution < -0.4 is 0 Å². The van der Waals surface area contributed by atoms with Crippen molar-refractivity contribution in [1.82, 2.24) is 0 Å². The number of hydrogen-bond acceptors (Lipinski definition) is 4. The summed E-state index contributed by atoms with van der Waals surface area (Å²) in [6, 6.07) is 0. The van der Waals surface area contributed by atoms with Gasteiger partial charge in [-0.25, -0.2) is 19.2 Å².